The fourth-order valence-electron chi connectivity index (χ4n) is 15.9. The zero-order chi connectivity index (χ0) is 53.7. The van der Waals surface area contributed by atoms with Gasteiger partial charge in [0, 0.05) is 0 Å². The summed E-state index contributed by atoms with van der Waals surface area (Å²) in [5, 5.41) is 131. The molecule has 8 rings (SSSR count). The van der Waals surface area contributed by atoms with Gasteiger partial charge in [-0.05, 0) is 138 Å². The highest BCUT2D eigenvalue weighted by molar-refractivity contribution is 5.20. The fraction of sp³-hybridized carbons (Fsp3) is 0.962. The fourth-order valence-corrected chi connectivity index (χ4v) is 15.9. The predicted octanol–water partition coefficient (Wildman–Crippen LogP) is 0.492. The zero-order valence-corrected chi connectivity index (χ0v) is 44.4. The van der Waals surface area contributed by atoms with Crippen LogP contribution < -0.4 is 0 Å². The van der Waals surface area contributed by atoms with Crippen LogP contribution in [0.4, 0.5) is 0 Å². The third kappa shape index (κ3) is 10.2. The van der Waals surface area contributed by atoms with Gasteiger partial charge in [-0.15, -0.1) is 0 Å². The maximum Gasteiger partial charge on any atom is 0.187 e. The Kier molecular flexibility index (Phi) is 17.1. The highest BCUT2D eigenvalue weighted by Gasteiger charge is 2.72. The van der Waals surface area contributed by atoms with Crippen LogP contribution in [0.25, 0.3) is 0 Å². The molecule has 0 bridgehead atoms. The minimum Gasteiger partial charge on any atom is -0.393 e. The number of aliphatic hydroxyl groups excluding tert-OH is 12. The van der Waals surface area contributed by atoms with Gasteiger partial charge in [0.05, 0.1) is 43.2 Å². The number of hydrogen-bond donors (Lipinski definition) is 12. The molecule has 0 aromatic carbocycles. The molecule has 422 valence electrons. The van der Waals surface area contributed by atoms with Crippen LogP contribution in [-0.2, 0) is 37.9 Å². The van der Waals surface area contributed by atoms with E-state index < -0.39 is 140 Å². The summed E-state index contributed by atoms with van der Waals surface area (Å²) in [7, 11) is 0. The molecule has 0 aromatic rings. The molecule has 4 aliphatic carbocycles. The van der Waals surface area contributed by atoms with Crippen molar-refractivity contribution >= 4 is 0 Å². The maximum atomic E-state index is 12.8. The van der Waals surface area contributed by atoms with Crippen molar-refractivity contribution in [2.75, 3.05) is 13.2 Å². The number of fused-ring (bicyclic) bond motifs is 5. The topological polar surface area (TPSA) is 317 Å². The van der Waals surface area contributed by atoms with E-state index in [4.69, 9.17) is 37.9 Å². The molecule has 0 aromatic heterocycles. The Morgan fingerprint density at radius 3 is 1.84 bits per heavy atom. The van der Waals surface area contributed by atoms with E-state index in [1.54, 1.807) is 0 Å². The normalized spacial score (nSPS) is 53.9. The lowest BCUT2D eigenvalue weighted by molar-refractivity contribution is -0.365. The van der Waals surface area contributed by atoms with E-state index >= 15 is 0 Å². The summed E-state index contributed by atoms with van der Waals surface area (Å²) in [6, 6.07) is 0. The van der Waals surface area contributed by atoms with Gasteiger partial charge in [0.15, 0.2) is 25.2 Å². The van der Waals surface area contributed by atoms with Crippen LogP contribution >= 0.6 is 0 Å². The van der Waals surface area contributed by atoms with E-state index in [-0.39, 0.29) is 52.6 Å². The molecule has 0 spiro atoms. The molecule has 12 N–H and O–H groups in total. The maximum absolute atomic E-state index is 12.8. The molecular weight excluding hydrogens is 957 g/mol. The lowest BCUT2D eigenvalue weighted by atomic mass is 9.35. The smallest absolute Gasteiger partial charge is 0.187 e. The van der Waals surface area contributed by atoms with E-state index in [2.05, 4.69) is 40.7 Å². The second kappa shape index (κ2) is 21.5. The third-order valence-corrected chi connectivity index (χ3v) is 20.4. The lowest BCUT2D eigenvalue weighted by Gasteiger charge is -2.71. The molecule has 0 amide bonds. The summed E-state index contributed by atoms with van der Waals surface area (Å²) in [5.41, 5.74) is -1.16. The average Bonchev–Trinajstić information content (AvgIpc) is 3.72. The predicted molar refractivity (Wildman–Crippen MR) is 257 cm³/mol. The van der Waals surface area contributed by atoms with E-state index in [9.17, 15) is 61.3 Å². The summed E-state index contributed by atoms with van der Waals surface area (Å²) < 4.78 is 49.2. The number of aliphatic hydroxyl groups is 12. The Morgan fingerprint density at radius 2 is 1.19 bits per heavy atom. The molecule has 8 fully saturated rings. The van der Waals surface area contributed by atoms with E-state index in [0.717, 1.165) is 31.3 Å². The van der Waals surface area contributed by atoms with Gasteiger partial charge < -0.3 is 99.2 Å². The second-order valence-electron chi connectivity index (χ2n) is 25.3. The van der Waals surface area contributed by atoms with Crippen LogP contribution in [0.3, 0.4) is 0 Å². The molecule has 2 unspecified atom stereocenters. The first-order chi connectivity index (χ1) is 34.0. The summed E-state index contributed by atoms with van der Waals surface area (Å²) in [6.07, 6.45) is -19.3. The minimum atomic E-state index is -1.70. The monoisotopic (exact) mass is 1050 g/mol. The first-order valence-electron chi connectivity index (χ1n) is 27.0. The Hall–Kier alpha value is -1.06. The Balaban J connectivity index is 0.999. The molecule has 8 aliphatic rings. The van der Waals surface area contributed by atoms with E-state index in [0.29, 0.717) is 32.1 Å². The first kappa shape index (κ1) is 58.1. The van der Waals surface area contributed by atoms with Crippen molar-refractivity contribution in [3.05, 3.63) is 11.6 Å². The summed E-state index contributed by atoms with van der Waals surface area (Å²) in [4.78, 5) is 0. The van der Waals surface area contributed by atoms with Gasteiger partial charge in [-0.3, -0.25) is 0 Å². The number of allylic oxidation sites excluding steroid dienone is 2. The van der Waals surface area contributed by atoms with Crippen LogP contribution in [0, 0.1) is 45.3 Å². The zero-order valence-electron chi connectivity index (χ0n) is 44.4. The standard InChI is InChI=1S/C53H90O20/c1-23(2)12-11-16-53(10,73-47-43(65)40(62)37(59)29(70-47)22-67-45-41(63)38(60)34(56)24(3)68-45)26-13-18-52(9)33(26)27(54)20-31-50(7)17-15-32(49(5,6)30(50)14-19-51(31,52)8)71-48-44(36(58)28(55)21-66-48)72-46-42(64)39(61)35(57)25(4)69-46/h12,24-48,54-65H,11,13-22H2,1-10H3/t24-,25-,26-,27+,28+,29+,30?,31?,32-,33-,34-,35-,36-,37+,38+,39+,40-,41+,42+,43+,44+,45+,46-,47-,48-,50-,51+,52+,53-/m0/s1. The van der Waals surface area contributed by atoms with Gasteiger partial charge in [-0.2, -0.15) is 0 Å². The third-order valence-electron chi connectivity index (χ3n) is 20.4. The van der Waals surface area contributed by atoms with Gasteiger partial charge >= 0.3 is 0 Å². The van der Waals surface area contributed by atoms with Gasteiger partial charge in [0.1, 0.15) is 79.4 Å². The molecule has 4 heterocycles. The highest BCUT2D eigenvalue weighted by Crippen LogP contribution is 2.76. The van der Waals surface area contributed by atoms with E-state index in [1.165, 1.54) is 13.8 Å². The van der Waals surface area contributed by atoms with Crippen LogP contribution in [0.5, 0.6) is 0 Å². The van der Waals surface area contributed by atoms with Crippen LogP contribution in [0.2, 0.25) is 0 Å². The van der Waals surface area contributed by atoms with Crippen molar-refractivity contribution in [2.24, 2.45) is 45.3 Å². The summed E-state index contributed by atoms with van der Waals surface area (Å²) in [6.45, 7) is 19.9. The van der Waals surface area contributed by atoms with Crippen molar-refractivity contribution in [3.63, 3.8) is 0 Å². The minimum absolute atomic E-state index is 0.111. The summed E-state index contributed by atoms with van der Waals surface area (Å²) >= 11 is 0. The number of hydrogen-bond acceptors (Lipinski definition) is 20. The molecule has 20 heteroatoms. The van der Waals surface area contributed by atoms with Crippen LogP contribution in [0.15, 0.2) is 11.6 Å². The molecule has 4 saturated heterocycles. The summed E-state index contributed by atoms with van der Waals surface area (Å²) in [5.74, 6) is -0.189. The van der Waals surface area contributed by atoms with Crippen molar-refractivity contribution < 1.29 is 99.2 Å². The van der Waals surface area contributed by atoms with Crippen molar-refractivity contribution in [1.82, 2.24) is 0 Å². The van der Waals surface area contributed by atoms with Crippen molar-refractivity contribution in [2.45, 2.75) is 262 Å². The van der Waals surface area contributed by atoms with Crippen LogP contribution in [-0.4, -0.2) is 209 Å². The van der Waals surface area contributed by atoms with Gasteiger partial charge in [-0.1, -0.05) is 46.3 Å². The quantitative estimate of drug-likeness (QED) is 0.0883. The van der Waals surface area contributed by atoms with Crippen molar-refractivity contribution in [3.8, 4) is 0 Å². The molecule has 20 nitrogen and oxygen atoms in total. The Bertz CT molecular complexity index is 1910. The van der Waals surface area contributed by atoms with Gasteiger partial charge in [0.2, 0.25) is 0 Å². The number of rotatable bonds is 13. The van der Waals surface area contributed by atoms with Gasteiger partial charge in [0.25, 0.3) is 0 Å². The second-order valence-corrected chi connectivity index (χ2v) is 25.3. The van der Waals surface area contributed by atoms with Crippen molar-refractivity contribution in [1.29, 1.82) is 0 Å². The number of ether oxygens (including phenoxy) is 8. The molecule has 4 saturated carbocycles. The largest absolute Gasteiger partial charge is 0.393 e. The average molecular weight is 1050 g/mol. The Morgan fingerprint density at radius 1 is 0.603 bits per heavy atom. The van der Waals surface area contributed by atoms with Gasteiger partial charge in [-0.25, -0.2) is 0 Å². The molecular formula is C53H90O20. The Labute approximate surface area is 429 Å². The first-order valence-corrected chi connectivity index (χ1v) is 27.0. The lowest BCUT2D eigenvalue weighted by Crippen LogP contribution is -2.67. The highest BCUT2D eigenvalue weighted by atomic mass is 16.8. The molecule has 29 atom stereocenters. The van der Waals surface area contributed by atoms with Crippen LogP contribution in [0.1, 0.15) is 127 Å². The van der Waals surface area contributed by atoms with E-state index in [1.807, 2.05) is 20.8 Å². The molecule has 4 aliphatic heterocycles. The molecule has 0 radical (unpaired) electrons. The SMILES string of the molecule is CC(C)=CCC[C@](C)(O[C@@H]1O[C@H](CO[C@@H]2O[C@@H](C)[C@H](O)[C@@H](O)[C@H]2O)[C@@H](O)[C@H](O)[C@H]1O)[C@H]1CC[C@]2(C)[C@@H]1[C@H](O)CC1[C@@]3(C)CC[C@H](O[C@@H]4OC[C@@H](O)[C@H](O)[C@H]4O[C@@H]4O[C@@H](C)[C@H](O)[C@@H](O)[C@H]4O)C(C)(C)C3CC[C@]12C. The molecule has 73 heavy (non-hydrogen) atoms.